The first kappa shape index (κ1) is 13.4. The highest BCUT2D eigenvalue weighted by atomic mass is 16.5. The fourth-order valence-electron chi connectivity index (χ4n) is 2.29. The van der Waals surface area contributed by atoms with Crippen LogP contribution in [0, 0.1) is 6.92 Å². The molecule has 2 heterocycles. The van der Waals surface area contributed by atoms with E-state index in [0.717, 1.165) is 33.7 Å². The van der Waals surface area contributed by atoms with Crippen molar-refractivity contribution in [1.29, 1.82) is 0 Å². The molecule has 2 aromatic heterocycles. The van der Waals surface area contributed by atoms with E-state index in [4.69, 9.17) is 4.74 Å². The summed E-state index contributed by atoms with van der Waals surface area (Å²) in [6.07, 6.45) is 3.54. The number of benzene rings is 1. The average molecular weight is 279 g/mol. The Balaban J connectivity index is 2.08. The van der Waals surface area contributed by atoms with Crippen molar-refractivity contribution in [2.45, 2.75) is 13.8 Å². The molecule has 0 saturated carbocycles. The first-order valence-corrected chi connectivity index (χ1v) is 6.97. The van der Waals surface area contributed by atoms with Gasteiger partial charge in [-0.1, -0.05) is 0 Å². The van der Waals surface area contributed by atoms with E-state index in [2.05, 4.69) is 15.3 Å². The number of nitrogens with one attached hydrogen (secondary N) is 1. The Morgan fingerprint density at radius 3 is 2.67 bits per heavy atom. The van der Waals surface area contributed by atoms with Crippen molar-refractivity contribution in [2.75, 3.05) is 11.9 Å². The lowest BCUT2D eigenvalue weighted by Crippen LogP contribution is -1.96. The molecule has 0 saturated heterocycles. The van der Waals surface area contributed by atoms with Gasteiger partial charge in [-0.05, 0) is 50.2 Å². The molecule has 4 nitrogen and oxygen atoms in total. The highest BCUT2D eigenvalue weighted by Gasteiger charge is 2.06. The van der Waals surface area contributed by atoms with Crippen LogP contribution in [-0.4, -0.2) is 16.6 Å². The summed E-state index contributed by atoms with van der Waals surface area (Å²) in [5.74, 6) is 0.855. The lowest BCUT2D eigenvalue weighted by Gasteiger charge is -2.12. The standard InChI is InChI=1S/C17H17N3O/c1-3-21-14-4-5-16-15(11-14)17(10-12(2)19-16)20-13-6-8-18-9-7-13/h4-11H,3H2,1-2H3,(H,18,19,20). The normalized spacial score (nSPS) is 10.6. The zero-order valence-corrected chi connectivity index (χ0v) is 12.1. The SMILES string of the molecule is CCOc1ccc2nc(C)cc(Nc3ccncc3)c2c1. The van der Waals surface area contributed by atoms with Gasteiger partial charge in [-0.2, -0.15) is 0 Å². The smallest absolute Gasteiger partial charge is 0.120 e. The number of hydrogen-bond acceptors (Lipinski definition) is 4. The summed E-state index contributed by atoms with van der Waals surface area (Å²) in [4.78, 5) is 8.60. The lowest BCUT2D eigenvalue weighted by molar-refractivity contribution is 0.340. The molecule has 0 bridgehead atoms. The van der Waals surface area contributed by atoms with E-state index in [1.807, 2.05) is 50.2 Å². The maximum Gasteiger partial charge on any atom is 0.120 e. The van der Waals surface area contributed by atoms with E-state index < -0.39 is 0 Å². The molecule has 0 aliphatic heterocycles. The molecule has 3 rings (SSSR count). The van der Waals surface area contributed by atoms with Crippen LogP contribution in [0.2, 0.25) is 0 Å². The molecule has 0 aliphatic carbocycles. The number of pyridine rings is 2. The Labute approximate surface area is 123 Å². The van der Waals surface area contributed by atoms with Gasteiger partial charge in [0, 0.05) is 34.8 Å². The predicted octanol–water partition coefficient (Wildman–Crippen LogP) is 4.08. The second kappa shape index (κ2) is 5.79. The lowest BCUT2D eigenvalue weighted by atomic mass is 10.1. The maximum atomic E-state index is 5.58. The molecule has 1 N–H and O–H groups in total. The Hall–Kier alpha value is -2.62. The van der Waals surface area contributed by atoms with E-state index in [-0.39, 0.29) is 0 Å². The van der Waals surface area contributed by atoms with Gasteiger partial charge in [0.2, 0.25) is 0 Å². The molecule has 0 atom stereocenters. The summed E-state index contributed by atoms with van der Waals surface area (Å²) >= 11 is 0. The molecule has 0 radical (unpaired) electrons. The Morgan fingerprint density at radius 2 is 1.90 bits per heavy atom. The highest BCUT2D eigenvalue weighted by molar-refractivity contribution is 5.94. The number of rotatable bonds is 4. The Morgan fingerprint density at radius 1 is 1.10 bits per heavy atom. The summed E-state index contributed by atoms with van der Waals surface area (Å²) in [5.41, 5.74) is 3.95. The first-order chi connectivity index (χ1) is 10.3. The maximum absolute atomic E-state index is 5.58. The number of anilines is 2. The summed E-state index contributed by atoms with van der Waals surface area (Å²) in [6.45, 7) is 4.62. The monoisotopic (exact) mass is 279 g/mol. The van der Waals surface area contributed by atoms with Gasteiger partial charge in [0.25, 0.3) is 0 Å². The van der Waals surface area contributed by atoms with E-state index >= 15 is 0 Å². The summed E-state index contributed by atoms with van der Waals surface area (Å²) in [5, 5.41) is 4.47. The quantitative estimate of drug-likeness (QED) is 0.781. The van der Waals surface area contributed by atoms with Crippen LogP contribution < -0.4 is 10.1 Å². The second-order valence-electron chi connectivity index (χ2n) is 4.78. The third kappa shape index (κ3) is 2.94. The summed E-state index contributed by atoms with van der Waals surface area (Å²) in [7, 11) is 0. The number of nitrogens with zero attached hydrogens (tertiary/aromatic N) is 2. The van der Waals surface area contributed by atoms with Crippen molar-refractivity contribution in [3.8, 4) is 5.75 Å². The van der Waals surface area contributed by atoms with Crippen LogP contribution in [0.5, 0.6) is 5.75 Å². The van der Waals surface area contributed by atoms with Gasteiger partial charge >= 0.3 is 0 Å². The zero-order valence-electron chi connectivity index (χ0n) is 12.1. The van der Waals surface area contributed by atoms with Crippen molar-refractivity contribution in [3.63, 3.8) is 0 Å². The third-order valence-electron chi connectivity index (χ3n) is 3.18. The van der Waals surface area contributed by atoms with Crippen LogP contribution in [0.4, 0.5) is 11.4 Å². The molecular weight excluding hydrogens is 262 g/mol. The van der Waals surface area contributed by atoms with Gasteiger partial charge < -0.3 is 10.1 Å². The molecule has 4 heteroatoms. The van der Waals surface area contributed by atoms with Crippen LogP contribution in [0.1, 0.15) is 12.6 Å². The van der Waals surface area contributed by atoms with Crippen molar-refractivity contribution in [2.24, 2.45) is 0 Å². The Kier molecular flexibility index (Phi) is 3.69. The number of aryl methyl sites for hydroxylation is 1. The molecule has 21 heavy (non-hydrogen) atoms. The van der Waals surface area contributed by atoms with E-state index in [1.54, 1.807) is 12.4 Å². The van der Waals surface area contributed by atoms with Crippen LogP contribution in [-0.2, 0) is 0 Å². The van der Waals surface area contributed by atoms with E-state index in [1.165, 1.54) is 0 Å². The largest absolute Gasteiger partial charge is 0.494 e. The van der Waals surface area contributed by atoms with Crippen molar-refractivity contribution in [1.82, 2.24) is 9.97 Å². The van der Waals surface area contributed by atoms with Crippen LogP contribution >= 0.6 is 0 Å². The molecule has 106 valence electrons. The summed E-state index contributed by atoms with van der Waals surface area (Å²) < 4.78 is 5.58. The van der Waals surface area contributed by atoms with Crippen LogP contribution in [0.3, 0.4) is 0 Å². The minimum absolute atomic E-state index is 0.651. The van der Waals surface area contributed by atoms with Gasteiger partial charge in [0.1, 0.15) is 5.75 Å². The molecule has 0 aliphatic rings. The van der Waals surface area contributed by atoms with Crippen molar-refractivity contribution in [3.05, 3.63) is 54.5 Å². The minimum atomic E-state index is 0.651. The number of fused-ring (bicyclic) bond motifs is 1. The highest BCUT2D eigenvalue weighted by Crippen LogP contribution is 2.29. The summed E-state index contributed by atoms with van der Waals surface area (Å²) in [6, 6.07) is 11.9. The molecule has 0 amide bonds. The zero-order chi connectivity index (χ0) is 14.7. The molecule has 0 fully saturated rings. The van der Waals surface area contributed by atoms with Crippen LogP contribution in [0.25, 0.3) is 10.9 Å². The van der Waals surface area contributed by atoms with E-state index in [9.17, 15) is 0 Å². The Bertz CT molecular complexity index is 757. The van der Waals surface area contributed by atoms with Gasteiger partial charge in [-0.15, -0.1) is 0 Å². The molecular formula is C17H17N3O. The van der Waals surface area contributed by atoms with Crippen LogP contribution in [0.15, 0.2) is 48.8 Å². The van der Waals surface area contributed by atoms with Crippen molar-refractivity contribution < 1.29 is 4.74 Å². The topological polar surface area (TPSA) is 47.0 Å². The van der Waals surface area contributed by atoms with Gasteiger partial charge in [0.05, 0.1) is 12.1 Å². The van der Waals surface area contributed by atoms with Crippen molar-refractivity contribution >= 4 is 22.3 Å². The first-order valence-electron chi connectivity index (χ1n) is 6.97. The van der Waals surface area contributed by atoms with Gasteiger partial charge in [-0.25, -0.2) is 0 Å². The van der Waals surface area contributed by atoms with Gasteiger partial charge in [0.15, 0.2) is 0 Å². The van der Waals surface area contributed by atoms with E-state index in [0.29, 0.717) is 6.61 Å². The predicted molar refractivity (Wildman–Crippen MR) is 85.2 cm³/mol. The fourth-order valence-corrected chi connectivity index (χ4v) is 2.29. The molecule has 0 spiro atoms. The number of aromatic nitrogens is 2. The van der Waals surface area contributed by atoms with Gasteiger partial charge in [-0.3, -0.25) is 9.97 Å². The fraction of sp³-hybridized carbons (Fsp3) is 0.176. The number of ether oxygens (including phenoxy) is 1. The number of hydrogen-bond donors (Lipinski definition) is 1. The minimum Gasteiger partial charge on any atom is -0.494 e. The molecule has 3 aromatic rings. The average Bonchev–Trinajstić information content (AvgIpc) is 2.49. The molecule has 0 unspecified atom stereocenters. The third-order valence-corrected chi connectivity index (χ3v) is 3.18. The molecule has 1 aromatic carbocycles. The second-order valence-corrected chi connectivity index (χ2v) is 4.78.